The Hall–Kier alpha value is -2.40. The minimum Gasteiger partial charge on any atom is -0.376 e. The fourth-order valence-electron chi connectivity index (χ4n) is 3.40. The van der Waals surface area contributed by atoms with Crippen LogP contribution in [0.15, 0.2) is 34.9 Å². The number of nitrogens with zero attached hydrogens (tertiary/aromatic N) is 2. The summed E-state index contributed by atoms with van der Waals surface area (Å²) in [7, 11) is 0. The molecule has 0 aliphatic heterocycles. The fourth-order valence-corrected chi connectivity index (χ4v) is 3.40. The van der Waals surface area contributed by atoms with Crippen LogP contribution in [0.25, 0.3) is 10.8 Å². The highest BCUT2D eigenvalue weighted by molar-refractivity contribution is 5.99. The molecule has 1 unspecified atom stereocenters. The molecule has 0 saturated heterocycles. The quantitative estimate of drug-likeness (QED) is 0.742. The van der Waals surface area contributed by atoms with Gasteiger partial charge in [0.05, 0.1) is 6.54 Å². The molecule has 0 radical (unpaired) electrons. The highest BCUT2D eigenvalue weighted by atomic mass is 16.5. The third-order valence-electron chi connectivity index (χ3n) is 4.57. The van der Waals surface area contributed by atoms with Crippen molar-refractivity contribution in [3.8, 4) is 0 Å². The molecule has 124 valence electrons. The van der Waals surface area contributed by atoms with Crippen LogP contribution in [0.4, 0.5) is 5.69 Å². The zero-order valence-electron chi connectivity index (χ0n) is 14.0. The molecule has 4 rings (SSSR count). The van der Waals surface area contributed by atoms with Gasteiger partial charge in [-0.05, 0) is 49.3 Å². The van der Waals surface area contributed by atoms with Crippen molar-refractivity contribution >= 4 is 16.5 Å². The summed E-state index contributed by atoms with van der Waals surface area (Å²) in [5.41, 5.74) is 3.99. The van der Waals surface area contributed by atoms with Gasteiger partial charge in [0.15, 0.2) is 5.82 Å². The number of rotatable bonds is 6. The molecule has 0 amide bonds. The third kappa shape index (κ3) is 2.65. The van der Waals surface area contributed by atoms with E-state index in [2.05, 4.69) is 45.8 Å². The van der Waals surface area contributed by atoms with E-state index in [0.29, 0.717) is 24.9 Å². The molecule has 1 atom stereocenters. The third-order valence-corrected chi connectivity index (χ3v) is 4.57. The monoisotopic (exact) mass is 323 g/mol. The summed E-state index contributed by atoms with van der Waals surface area (Å²) in [6.07, 6.45) is 2.13. The number of aromatic nitrogens is 2. The van der Waals surface area contributed by atoms with Crippen LogP contribution in [0.1, 0.15) is 42.8 Å². The zero-order valence-corrected chi connectivity index (χ0v) is 14.0. The van der Waals surface area contributed by atoms with Crippen molar-refractivity contribution in [3.63, 3.8) is 0 Å². The molecule has 2 aromatic carbocycles. The molecule has 1 aromatic heterocycles. The molecule has 24 heavy (non-hydrogen) atoms. The molecule has 5 heteroatoms. The van der Waals surface area contributed by atoms with E-state index in [1.165, 1.54) is 21.9 Å². The lowest BCUT2D eigenvalue weighted by atomic mass is 10.0. The van der Waals surface area contributed by atoms with Gasteiger partial charge >= 0.3 is 0 Å². The van der Waals surface area contributed by atoms with Crippen LogP contribution in [0.2, 0.25) is 0 Å². The first-order valence-corrected chi connectivity index (χ1v) is 8.47. The van der Waals surface area contributed by atoms with Crippen LogP contribution in [-0.4, -0.2) is 16.7 Å². The van der Waals surface area contributed by atoms with E-state index in [-0.39, 0.29) is 6.10 Å². The van der Waals surface area contributed by atoms with Crippen molar-refractivity contribution < 1.29 is 9.26 Å². The maximum Gasteiger partial charge on any atom is 0.246 e. The van der Waals surface area contributed by atoms with Crippen LogP contribution in [-0.2, 0) is 24.1 Å². The second-order valence-corrected chi connectivity index (χ2v) is 6.11. The van der Waals surface area contributed by atoms with Gasteiger partial charge in [0, 0.05) is 17.7 Å². The van der Waals surface area contributed by atoms with Crippen molar-refractivity contribution in [1.29, 1.82) is 0 Å². The topological polar surface area (TPSA) is 60.2 Å². The largest absolute Gasteiger partial charge is 0.376 e. The second kappa shape index (κ2) is 6.24. The van der Waals surface area contributed by atoms with E-state index in [4.69, 9.17) is 9.26 Å². The molecule has 1 aliphatic carbocycles. The summed E-state index contributed by atoms with van der Waals surface area (Å²) in [5.74, 6) is 1.16. The molecule has 1 N–H and O–H groups in total. The summed E-state index contributed by atoms with van der Waals surface area (Å²) < 4.78 is 10.8. The molecule has 3 aromatic rings. The van der Waals surface area contributed by atoms with Crippen molar-refractivity contribution in [2.45, 2.75) is 39.3 Å². The van der Waals surface area contributed by atoms with Gasteiger partial charge in [-0.25, -0.2) is 0 Å². The lowest BCUT2D eigenvalue weighted by molar-refractivity contribution is 0.0683. The molecule has 0 fully saturated rings. The molecule has 5 nitrogen and oxygen atoms in total. The van der Waals surface area contributed by atoms with E-state index in [9.17, 15) is 0 Å². The van der Waals surface area contributed by atoms with Gasteiger partial charge < -0.3 is 14.6 Å². The van der Waals surface area contributed by atoms with E-state index in [1.807, 2.05) is 13.8 Å². The van der Waals surface area contributed by atoms with Crippen LogP contribution in [0.5, 0.6) is 0 Å². The van der Waals surface area contributed by atoms with Crippen molar-refractivity contribution in [3.05, 3.63) is 53.2 Å². The van der Waals surface area contributed by atoms with Gasteiger partial charge in [0.1, 0.15) is 6.10 Å². The fraction of sp³-hybridized carbons (Fsp3) is 0.368. The van der Waals surface area contributed by atoms with Crippen LogP contribution >= 0.6 is 0 Å². The summed E-state index contributed by atoms with van der Waals surface area (Å²) in [6.45, 7) is 5.01. The van der Waals surface area contributed by atoms with Gasteiger partial charge in [-0.1, -0.05) is 29.4 Å². The molecular formula is C19H21N3O2. The number of benzene rings is 2. The highest BCUT2D eigenvalue weighted by Gasteiger charge is 2.17. The van der Waals surface area contributed by atoms with Crippen LogP contribution in [0.3, 0.4) is 0 Å². The standard InChI is InChI=1S/C19H21N3O2/c1-3-23-12(2)19-21-17(24-22-19)11-20-16-10-9-14-8-7-13-5-4-6-15(16)18(13)14/h4-6,9-10,12,20H,3,7-8,11H2,1-2H3. The van der Waals surface area contributed by atoms with Crippen LogP contribution < -0.4 is 5.32 Å². The molecule has 1 aliphatic rings. The van der Waals surface area contributed by atoms with Gasteiger partial charge in [0.2, 0.25) is 5.89 Å². The first-order valence-electron chi connectivity index (χ1n) is 8.47. The summed E-state index contributed by atoms with van der Waals surface area (Å²) >= 11 is 0. The SMILES string of the molecule is CCOC(C)c1noc(CNc2ccc3c4c(cccc24)CC3)n1. The average Bonchev–Trinajstić information content (AvgIpc) is 3.23. The first-order chi connectivity index (χ1) is 11.8. The van der Waals surface area contributed by atoms with E-state index >= 15 is 0 Å². The van der Waals surface area contributed by atoms with Gasteiger partial charge in [-0.2, -0.15) is 4.98 Å². The van der Waals surface area contributed by atoms with Crippen LogP contribution in [0, 0.1) is 0 Å². The maximum absolute atomic E-state index is 5.49. The van der Waals surface area contributed by atoms with E-state index in [0.717, 1.165) is 18.5 Å². The number of nitrogens with one attached hydrogen (secondary N) is 1. The Labute approximate surface area is 141 Å². The maximum atomic E-state index is 5.49. The Morgan fingerprint density at radius 3 is 2.88 bits per heavy atom. The minimum atomic E-state index is -0.149. The predicted octanol–water partition coefficient (Wildman–Crippen LogP) is 4.03. The molecule has 1 heterocycles. The number of ether oxygens (including phenoxy) is 1. The number of hydrogen-bond donors (Lipinski definition) is 1. The van der Waals surface area contributed by atoms with Gasteiger partial charge in [0.25, 0.3) is 0 Å². The normalized spacial score (nSPS) is 14.2. The zero-order chi connectivity index (χ0) is 16.5. The highest BCUT2D eigenvalue weighted by Crippen LogP contribution is 2.35. The van der Waals surface area contributed by atoms with Gasteiger partial charge in [-0.15, -0.1) is 0 Å². The van der Waals surface area contributed by atoms with E-state index in [1.54, 1.807) is 0 Å². The Morgan fingerprint density at radius 1 is 1.21 bits per heavy atom. The Balaban J connectivity index is 1.54. The van der Waals surface area contributed by atoms with Crippen molar-refractivity contribution in [2.24, 2.45) is 0 Å². The minimum absolute atomic E-state index is 0.149. The van der Waals surface area contributed by atoms with Crippen molar-refractivity contribution in [2.75, 3.05) is 11.9 Å². The molecule has 0 saturated carbocycles. The van der Waals surface area contributed by atoms with Crippen molar-refractivity contribution in [1.82, 2.24) is 10.1 Å². The molecule has 0 bridgehead atoms. The summed E-state index contributed by atoms with van der Waals surface area (Å²) in [5, 5.41) is 10.1. The lowest BCUT2D eigenvalue weighted by Gasteiger charge is -2.10. The average molecular weight is 323 g/mol. The molecular weight excluding hydrogens is 302 g/mol. The summed E-state index contributed by atoms with van der Waals surface area (Å²) in [4.78, 5) is 4.41. The lowest BCUT2D eigenvalue weighted by Crippen LogP contribution is -2.03. The van der Waals surface area contributed by atoms with Gasteiger partial charge in [-0.3, -0.25) is 0 Å². The number of hydrogen-bond acceptors (Lipinski definition) is 5. The summed E-state index contributed by atoms with van der Waals surface area (Å²) in [6, 6.07) is 10.9. The number of aryl methyl sites for hydroxylation is 2. The Bertz CT molecular complexity index is 862. The molecule has 0 spiro atoms. The Morgan fingerprint density at radius 2 is 2.04 bits per heavy atom. The predicted molar refractivity (Wildman–Crippen MR) is 93.0 cm³/mol. The smallest absolute Gasteiger partial charge is 0.246 e. The van der Waals surface area contributed by atoms with E-state index < -0.39 is 0 Å². The Kier molecular flexibility index (Phi) is 3.94. The second-order valence-electron chi connectivity index (χ2n) is 6.11. The number of anilines is 1. The first kappa shape index (κ1) is 15.1.